The lowest BCUT2D eigenvalue weighted by molar-refractivity contribution is -0.325. The molecule has 13 heavy (non-hydrogen) atoms. The third kappa shape index (κ3) is 3.17. The molecule has 1 aromatic rings. The quantitative estimate of drug-likeness (QED) is 0.512. The van der Waals surface area contributed by atoms with E-state index in [1.165, 1.54) is 5.56 Å². The molecule has 0 fully saturated rings. The minimum Gasteiger partial charge on any atom is -0.236 e. The Kier molecular flexibility index (Phi) is 4.50. The monoisotopic (exact) mass is 180 g/mol. The van der Waals surface area contributed by atoms with Gasteiger partial charge in [-0.2, -0.15) is 0 Å². The maximum atomic E-state index is 5.23. The minimum atomic E-state index is 0.0566. The first-order valence-corrected chi connectivity index (χ1v) is 4.71. The van der Waals surface area contributed by atoms with Crippen LogP contribution in [0.5, 0.6) is 0 Å². The second-order valence-electron chi connectivity index (χ2n) is 2.81. The summed E-state index contributed by atoms with van der Waals surface area (Å²) in [5, 5.41) is 0. The topological polar surface area (TPSA) is 18.5 Å². The van der Waals surface area contributed by atoms with Gasteiger partial charge < -0.3 is 0 Å². The zero-order valence-corrected chi connectivity index (χ0v) is 8.19. The highest BCUT2D eigenvalue weighted by Crippen LogP contribution is 2.20. The summed E-state index contributed by atoms with van der Waals surface area (Å²) in [5.41, 5.74) is 1.17. The number of hydrogen-bond donors (Lipinski definition) is 0. The molecule has 0 bridgehead atoms. The molecule has 0 heterocycles. The van der Waals surface area contributed by atoms with Crippen molar-refractivity contribution in [1.82, 2.24) is 0 Å². The number of hydrogen-bond acceptors (Lipinski definition) is 2. The molecule has 0 amide bonds. The molecular weight excluding hydrogens is 164 g/mol. The van der Waals surface area contributed by atoms with Gasteiger partial charge in [-0.05, 0) is 18.9 Å². The molecule has 0 saturated carbocycles. The largest absolute Gasteiger partial charge is 0.236 e. The molecule has 1 unspecified atom stereocenters. The van der Waals surface area contributed by atoms with E-state index in [-0.39, 0.29) is 6.10 Å². The third-order valence-electron chi connectivity index (χ3n) is 1.84. The van der Waals surface area contributed by atoms with Gasteiger partial charge in [0.2, 0.25) is 0 Å². The lowest BCUT2D eigenvalue weighted by Crippen LogP contribution is -2.03. The van der Waals surface area contributed by atoms with Gasteiger partial charge in [-0.3, -0.25) is 0 Å². The molecular formula is C11H16O2. The van der Waals surface area contributed by atoms with Gasteiger partial charge in [0.1, 0.15) is 6.10 Å². The summed E-state index contributed by atoms with van der Waals surface area (Å²) in [6.45, 7) is 4.58. The average Bonchev–Trinajstić information content (AvgIpc) is 2.21. The van der Waals surface area contributed by atoms with Crippen molar-refractivity contribution in [2.45, 2.75) is 26.4 Å². The van der Waals surface area contributed by atoms with Gasteiger partial charge in [0, 0.05) is 0 Å². The van der Waals surface area contributed by atoms with E-state index in [1.54, 1.807) is 0 Å². The average molecular weight is 180 g/mol. The van der Waals surface area contributed by atoms with E-state index in [0.29, 0.717) is 6.61 Å². The van der Waals surface area contributed by atoms with Crippen LogP contribution < -0.4 is 0 Å². The first-order valence-electron chi connectivity index (χ1n) is 4.71. The van der Waals surface area contributed by atoms with Gasteiger partial charge in [0.05, 0.1) is 6.61 Å². The van der Waals surface area contributed by atoms with E-state index >= 15 is 0 Å². The zero-order chi connectivity index (χ0) is 9.52. The number of rotatable bonds is 5. The molecule has 0 N–H and O–H groups in total. The van der Waals surface area contributed by atoms with Crippen molar-refractivity contribution < 1.29 is 9.78 Å². The highest BCUT2D eigenvalue weighted by Gasteiger charge is 2.09. The first kappa shape index (κ1) is 10.2. The van der Waals surface area contributed by atoms with E-state index in [9.17, 15) is 0 Å². The fourth-order valence-electron chi connectivity index (χ4n) is 1.18. The molecule has 2 heteroatoms. The van der Waals surface area contributed by atoms with Crippen molar-refractivity contribution in [2.75, 3.05) is 6.61 Å². The number of benzene rings is 1. The molecule has 0 aliphatic carbocycles. The van der Waals surface area contributed by atoms with Crippen molar-refractivity contribution >= 4 is 0 Å². The Morgan fingerprint density at radius 3 is 2.38 bits per heavy atom. The summed E-state index contributed by atoms with van der Waals surface area (Å²) < 4.78 is 0. The second kappa shape index (κ2) is 5.73. The fourth-order valence-corrected chi connectivity index (χ4v) is 1.18. The molecule has 0 aliphatic heterocycles. The van der Waals surface area contributed by atoms with Crippen LogP contribution in [-0.2, 0) is 9.78 Å². The van der Waals surface area contributed by atoms with Crippen LogP contribution in [0.2, 0.25) is 0 Å². The lowest BCUT2D eigenvalue weighted by atomic mass is 10.1. The SMILES string of the molecule is CCOOC(CC)c1ccccc1. The molecule has 72 valence electrons. The molecule has 0 saturated heterocycles. The lowest BCUT2D eigenvalue weighted by Gasteiger charge is -2.13. The van der Waals surface area contributed by atoms with Crippen molar-refractivity contribution in [1.29, 1.82) is 0 Å². The Morgan fingerprint density at radius 2 is 1.85 bits per heavy atom. The molecule has 0 radical (unpaired) electrons. The van der Waals surface area contributed by atoms with E-state index in [2.05, 4.69) is 6.92 Å². The normalized spacial score (nSPS) is 12.8. The van der Waals surface area contributed by atoms with Gasteiger partial charge in [-0.25, -0.2) is 9.78 Å². The predicted octanol–water partition coefficient (Wildman–Crippen LogP) is 3.11. The van der Waals surface area contributed by atoms with Crippen LogP contribution in [0.4, 0.5) is 0 Å². The Morgan fingerprint density at radius 1 is 1.15 bits per heavy atom. The van der Waals surface area contributed by atoms with Crippen LogP contribution in [0.15, 0.2) is 30.3 Å². The Bertz CT molecular complexity index is 221. The zero-order valence-electron chi connectivity index (χ0n) is 8.19. The summed E-state index contributed by atoms with van der Waals surface area (Å²) in [6, 6.07) is 10.1. The van der Waals surface area contributed by atoms with Crippen LogP contribution in [0.25, 0.3) is 0 Å². The van der Waals surface area contributed by atoms with Crippen molar-refractivity contribution in [2.24, 2.45) is 0 Å². The summed E-state index contributed by atoms with van der Waals surface area (Å²) >= 11 is 0. The minimum absolute atomic E-state index is 0.0566. The fraction of sp³-hybridized carbons (Fsp3) is 0.455. The highest BCUT2D eigenvalue weighted by molar-refractivity contribution is 5.17. The summed E-state index contributed by atoms with van der Waals surface area (Å²) in [4.78, 5) is 10.2. The molecule has 0 aliphatic rings. The van der Waals surface area contributed by atoms with Crippen molar-refractivity contribution in [3.05, 3.63) is 35.9 Å². The van der Waals surface area contributed by atoms with Gasteiger partial charge >= 0.3 is 0 Å². The Labute approximate surface area is 79.4 Å². The molecule has 2 nitrogen and oxygen atoms in total. The van der Waals surface area contributed by atoms with Gasteiger partial charge in [0.15, 0.2) is 0 Å². The standard InChI is InChI=1S/C11H16O2/c1-3-11(13-12-4-2)10-8-6-5-7-9-10/h5-9,11H,3-4H2,1-2H3. The molecule has 1 atom stereocenters. The van der Waals surface area contributed by atoms with Crippen LogP contribution in [-0.4, -0.2) is 6.61 Å². The summed E-state index contributed by atoms with van der Waals surface area (Å²) in [7, 11) is 0. The first-order chi connectivity index (χ1) is 6.38. The van der Waals surface area contributed by atoms with Gasteiger partial charge in [-0.15, -0.1) is 0 Å². The van der Waals surface area contributed by atoms with E-state index in [1.807, 2.05) is 37.3 Å². The van der Waals surface area contributed by atoms with Gasteiger partial charge in [-0.1, -0.05) is 37.3 Å². The van der Waals surface area contributed by atoms with Crippen LogP contribution in [0.1, 0.15) is 31.9 Å². The Balaban J connectivity index is 2.56. The predicted molar refractivity (Wildman–Crippen MR) is 52.2 cm³/mol. The molecule has 1 aromatic carbocycles. The van der Waals surface area contributed by atoms with Crippen molar-refractivity contribution in [3.63, 3.8) is 0 Å². The van der Waals surface area contributed by atoms with Gasteiger partial charge in [0.25, 0.3) is 0 Å². The maximum absolute atomic E-state index is 5.23. The third-order valence-corrected chi connectivity index (χ3v) is 1.84. The van der Waals surface area contributed by atoms with Crippen LogP contribution >= 0.6 is 0 Å². The summed E-state index contributed by atoms with van der Waals surface area (Å²) in [6.07, 6.45) is 0.977. The highest BCUT2D eigenvalue weighted by atomic mass is 17.2. The molecule has 0 aromatic heterocycles. The Hall–Kier alpha value is -0.860. The smallest absolute Gasteiger partial charge is 0.118 e. The van der Waals surface area contributed by atoms with Crippen LogP contribution in [0.3, 0.4) is 0 Å². The summed E-state index contributed by atoms with van der Waals surface area (Å²) in [5.74, 6) is 0. The van der Waals surface area contributed by atoms with Crippen molar-refractivity contribution in [3.8, 4) is 0 Å². The van der Waals surface area contributed by atoms with E-state index < -0.39 is 0 Å². The van der Waals surface area contributed by atoms with Crippen LogP contribution in [0, 0.1) is 0 Å². The molecule has 1 rings (SSSR count). The molecule has 0 spiro atoms. The maximum Gasteiger partial charge on any atom is 0.118 e. The van der Waals surface area contributed by atoms with E-state index in [4.69, 9.17) is 9.78 Å². The second-order valence-corrected chi connectivity index (χ2v) is 2.81. The van der Waals surface area contributed by atoms with E-state index in [0.717, 1.165) is 6.42 Å².